The highest BCUT2D eigenvalue weighted by Crippen LogP contribution is 2.58. The van der Waals surface area contributed by atoms with E-state index < -0.39 is 5.41 Å². The Bertz CT molecular complexity index is 3780. The molecule has 0 radical (unpaired) electrons. The van der Waals surface area contributed by atoms with Gasteiger partial charge in [0.2, 0.25) is 0 Å². The topological polar surface area (TPSA) is 3.24 Å². The molecule has 0 heterocycles. The summed E-state index contributed by atoms with van der Waals surface area (Å²) in [6, 6.07) is 101. The van der Waals surface area contributed by atoms with Crippen LogP contribution in [0.5, 0.6) is 0 Å². The fourth-order valence-corrected chi connectivity index (χ4v) is 11.5. The van der Waals surface area contributed by atoms with E-state index in [2.05, 4.69) is 278 Å². The van der Waals surface area contributed by atoms with Crippen LogP contribution in [0.4, 0.5) is 17.1 Å². The Morgan fingerprint density at radius 1 is 0.250 bits per heavy atom. The monoisotopic (exact) mass is 863 g/mol. The molecule has 0 aromatic heterocycles. The number of fused-ring (bicyclic) bond motifs is 7. The first-order valence-electron chi connectivity index (χ1n) is 23.6. The molecule has 1 aliphatic rings. The predicted octanol–water partition coefficient (Wildman–Crippen LogP) is 18.0. The summed E-state index contributed by atoms with van der Waals surface area (Å²) in [6.07, 6.45) is 0. The summed E-state index contributed by atoms with van der Waals surface area (Å²) < 4.78 is 0. The summed E-state index contributed by atoms with van der Waals surface area (Å²) in [5.41, 5.74) is 17.7. The minimum atomic E-state index is -0.496. The van der Waals surface area contributed by atoms with Gasteiger partial charge in [0.1, 0.15) is 0 Å². The van der Waals surface area contributed by atoms with Gasteiger partial charge < -0.3 is 4.90 Å². The maximum absolute atomic E-state index is 2.51. The number of benzene rings is 12. The maximum Gasteiger partial charge on any atom is 0.0713 e. The molecule has 0 bridgehead atoms. The quantitative estimate of drug-likeness (QED) is 0.138. The molecule has 1 heteroatoms. The van der Waals surface area contributed by atoms with E-state index in [4.69, 9.17) is 0 Å². The lowest BCUT2D eigenvalue weighted by Gasteiger charge is -2.34. The smallest absolute Gasteiger partial charge is 0.0713 e. The highest BCUT2D eigenvalue weighted by atomic mass is 15.1. The fraction of sp³-hybridized carbons (Fsp3) is 0.0149. The number of anilines is 3. The van der Waals surface area contributed by atoms with Crippen molar-refractivity contribution in [2.45, 2.75) is 5.41 Å². The molecule has 0 spiro atoms. The Morgan fingerprint density at radius 3 is 1.35 bits per heavy atom. The van der Waals surface area contributed by atoms with E-state index in [1.807, 2.05) is 0 Å². The van der Waals surface area contributed by atoms with Crippen LogP contribution in [0.2, 0.25) is 0 Å². The average Bonchev–Trinajstić information content (AvgIpc) is 3.72. The van der Waals surface area contributed by atoms with Gasteiger partial charge in [-0.05, 0) is 124 Å². The van der Waals surface area contributed by atoms with Crippen LogP contribution >= 0.6 is 0 Å². The zero-order chi connectivity index (χ0) is 45.0. The van der Waals surface area contributed by atoms with Crippen molar-refractivity contribution < 1.29 is 0 Å². The molecule has 12 aromatic rings. The Hall–Kier alpha value is -8.78. The molecule has 0 amide bonds. The molecular weight excluding hydrogens is 819 g/mol. The van der Waals surface area contributed by atoms with E-state index in [1.165, 1.54) is 99.1 Å². The molecule has 1 aliphatic carbocycles. The molecule has 318 valence electrons. The van der Waals surface area contributed by atoms with Gasteiger partial charge >= 0.3 is 0 Å². The highest BCUT2D eigenvalue weighted by Gasteiger charge is 2.46. The van der Waals surface area contributed by atoms with Crippen LogP contribution < -0.4 is 4.90 Å². The zero-order valence-electron chi connectivity index (χ0n) is 37.4. The van der Waals surface area contributed by atoms with E-state index in [9.17, 15) is 0 Å². The molecule has 0 N–H and O–H groups in total. The summed E-state index contributed by atoms with van der Waals surface area (Å²) in [5.74, 6) is 0. The van der Waals surface area contributed by atoms with Gasteiger partial charge in [0.15, 0.2) is 0 Å². The lowest BCUT2D eigenvalue weighted by molar-refractivity contribution is 0.768. The second kappa shape index (κ2) is 16.3. The Labute approximate surface area is 397 Å². The van der Waals surface area contributed by atoms with Gasteiger partial charge in [0.25, 0.3) is 0 Å². The number of rotatable bonds is 8. The molecule has 13 rings (SSSR count). The Morgan fingerprint density at radius 2 is 0.706 bits per heavy atom. The van der Waals surface area contributed by atoms with Crippen LogP contribution in [-0.4, -0.2) is 0 Å². The van der Waals surface area contributed by atoms with E-state index in [1.54, 1.807) is 0 Å². The lowest BCUT2D eigenvalue weighted by Crippen LogP contribution is -2.28. The summed E-state index contributed by atoms with van der Waals surface area (Å²) in [7, 11) is 0. The van der Waals surface area contributed by atoms with Crippen molar-refractivity contribution in [1.82, 2.24) is 0 Å². The Balaban J connectivity index is 1.12. The summed E-state index contributed by atoms with van der Waals surface area (Å²) >= 11 is 0. The van der Waals surface area contributed by atoms with Gasteiger partial charge in [-0.2, -0.15) is 0 Å². The third-order valence-corrected chi connectivity index (χ3v) is 14.3. The minimum absolute atomic E-state index is 0.496. The normalized spacial score (nSPS) is 12.5. The number of hydrogen-bond donors (Lipinski definition) is 0. The summed E-state index contributed by atoms with van der Waals surface area (Å²) in [4.78, 5) is 2.51. The fourth-order valence-electron chi connectivity index (χ4n) is 11.5. The van der Waals surface area contributed by atoms with Gasteiger partial charge in [0, 0.05) is 16.8 Å². The predicted molar refractivity (Wildman–Crippen MR) is 287 cm³/mol. The van der Waals surface area contributed by atoms with E-state index in [0.717, 1.165) is 17.1 Å². The summed E-state index contributed by atoms with van der Waals surface area (Å²) in [5, 5.41) is 7.32. The molecule has 0 fully saturated rings. The first-order chi connectivity index (χ1) is 33.8. The SMILES string of the molecule is c1ccc(-c2ccc(N(c3ccc4c(c3)-c3ccccc3C4(c3ccccc3)c3ccccc3)c3ccc4c(c3)c(-c3ccccc3)c(-c3ccccc3)c3ccccc34)c3ccccc23)cc1. The lowest BCUT2D eigenvalue weighted by atomic mass is 9.68. The van der Waals surface area contributed by atoms with Gasteiger partial charge in [-0.15, -0.1) is 0 Å². The van der Waals surface area contributed by atoms with Crippen LogP contribution in [-0.2, 0) is 5.41 Å². The standard InChI is InChI=1S/C67H45N/c1-6-22-46(23-7-1)53-41-43-64(58-35-18-16-32-54(53)58)68(52-39-42-63-60(44-52)57-34-20-21-37-62(57)67(63,49-28-12-4-13-29-49)50-30-14-5-15-31-50)51-38-40-56-55-33-17-19-36-59(55)65(47-24-8-2-9-25-47)66(61(56)45-51)48-26-10-3-11-27-48/h1-45H. The third-order valence-electron chi connectivity index (χ3n) is 14.3. The molecule has 0 saturated heterocycles. The Kier molecular flexibility index (Phi) is 9.47. The molecule has 0 aliphatic heterocycles. The zero-order valence-corrected chi connectivity index (χ0v) is 37.4. The minimum Gasteiger partial charge on any atom is -0.310 e. The largest absolute Gasteiger partial charge is 0.310 e. The molecule has 68 heavy (non-hydrogen) atoms. The van der Waals surface area contributed by atoms with Crippen molar-refractivity contribution in [3.8, 4) is 44.5 Å². The third kappa shape index (κ3) is 6.17. The van der Waals surface area contributed by atoms with Gasteiger partial charge in [-0.3, -0.25) is 0 Å². The van der Waals surface area contributed by atoms with Crippen LogP contribution in [0, 0.1) is 0 Å². The van der Waals surface area contributed by atoms with Crippen molar-refractivity contribution in [3.05, 3.63) is 295 Å². The second-order valence-corrected chi connectivity index (χ2v) is 17.9. The van der Waals surface area contributed by atoms with Crippen molar-refractivity contribution in [3.63, 3.8) is 0 Å². The maximum atomic E-state index is 2.51. The van der Waals surface area contributed by atoms with Crippen LogP contribution in [0.3, 0.4) is 0 Å². The molecule has 0 unspecified atom stereocenters. The first-order valence-corrected chi connectivity index (χ1v) is 23.6. The number of hydrogen-bond acceptors (Lipinski definition) is 1. The van der Waals surface area contributed by atoms with E-state index in [-0.39, 0.29) is 0 Å². The van der Waals surface area contributed by atoms with Crippen molar-refractivity contribution in [2.75, 3.05) is 4.90 Å². The molecule has 0 saturated carbocycles. The number of nitrogens with zero attached hydrogens (tertiary/aromatic N) is 1. The molecular formula is C67H45N. The van der Waals surface area contributed by atoms with Crippen molar-refractivity contribution >= 4 is 49.4 Å². The van der Waals surface area contributed by atoms with Crippen molar-refractivity contribution in [2.24, 2.45) is 0 Å². The van der Waals surface area contributed by atoms with Gasteiger partial charge in [-0.1, -0.05) is 243 Å². The average molecular weight is 864 g/mol. The first kappa shape index (κ1) is 39.6. The van der Waals surface area contributed by atoms with Crippen LogP contribution in [0.25, 0.3) is 76.8 Å². The van der Waals surface area contributed by atoms with Crippen molar-refractivity contribution in [1.29, 1.82) is 0 Å². The molecule has 0 atom stereocenters. The van der Waals surface area contributed by atoms with Gasteiger partial charge in [0.05, 0.1) is 11.1 Å². The molecule has 12 aromatic carbocycles. The van der Waals surface area contributed by atoms with Gasteiger partial charge in [-0.25, -0.2) is 0 Å². The second-order valence-electron chi connectivity index (χ2n) is 17.9. The van der Waals surface area contributed by atoms with E-state index >= 15 is 0 Å². The highest BCUT2D eigenvalue weighted by molar-refractivity contribution is 6.22. The van der Waals surface area contributed by atoms with E-state index in [0.29, 0.717) is 0 Å². The van der Waals surface area contributed by atoms with Crippen LogP contribution in [0.1, 0.15) is 22.3 Å². The summed E-state index contributed by atoms with van der Waals surface area (Å²) in [6.45, 7) is 0. The molecule has 1 nitrogen and oxygen atoms in total. The van der Waals surface area contributed by atoms with Crippen LogP contribution in [0.15, 0.2) is 273 Å².